The smallest absolute Gasteiger partial charge is 0.310 e. The van der Waals surface area contributed by atoms with Gasteiger partial charge in [0.2, 0.25) is 0 Å². The first-order chi connectivity index (χ1) is 16.8. The maximum absolute atomic E-state index is 11.8. The minimum absolute atomic E-state index is 0.188. The SMILES string of the molecule is CC(C(=O)O)c1cc(C#N)ccc1-c1cc2c(cn1)ncn2[C@H](C)c1c(Cl)ccc(C2CC2)c1Cl. The van der Waals surface area contributed by atoms with Crippen LogP contribution < -0.4 is 0 Å². The maximum atomic E-state index is 11.8. The molecule has 0 spiro atoms. The molecule has 0 radical (unpaired) electrons. The number of pyridine rings is 1. The molecule has 0 aliphatic heterocycles. The molecule has 0 bridgehead atoms. The summed E-state index contributed by atoms with van der Waals surface area (Å²) in [4.78, 5) is 20.8. The molecule has 2 atom stereocenters. The minimum atomic E-state index is -0.971. The number of carboxylic acids is 1. The third kappa shape index (κ3) is 4.16. The van der Waals surface area contributed by atoms with Gasteiger partial charge in [-0.25, -0.2) is 4.98 Å². The zero-order valence-electron chi connectivity index (χ0n) is 19.2. The Balaban J connectivity index is 1.63. The molecule has 0 amide bonds. The molecule has 1 unspecified atom stereocenters. The fourth-order valence-corrected chi connectivity index (χ4v) is 5.40. The molecule has 176 valence electrons. The number of nitrogens with zero attached hydrogens (tertiary/aromatic N) is 4. The van der Waals surface area contributed by atoms with Gasteiger partial charge in [-0.1, -0.05) is 35.3 Å². The fourth-order valence-electron chi connectivity index (χ4n) is 4.56. The summed E-state index contributed by atoms with van der Waals surface area (Å²) in [6.07, 6.45) is 5.70. The Hall–Kier alpha value is -3.40. The lowest BCUT2D eigenvalue weighted by molar-refractivity contribution is -0.138. The van der Waals surface area contributed by atoms with Crippen LogP contribution in [0.15, 0.2) is 48.9 Å². The zero-order chi connectivity index (χ0) is 24.9. The van der Waals surface area contributed by atoms with Crippen LogP contribution in [0.25, 0.3) is 22.3 Å². The Morgan fingerprint density at radius 1 is 1.17 bits per heavy atom. The Morgan fingerprint density at radius 3 is 2.63 bits per heavy atom. The van der Waals surface area contributed by atoms with Crippen molar-refractivity contribution in [1.82, 2.24) is 14.5 Å². The van der Waals surface area contributed by atoms with Crippen molar-refractivity contribution in [3.63, 3.8) is 0 Å². The highest BCUT2D eigenvalue weighted by Gasteiger charge is 2.29. The first kappa shape index (κ1) is 23.3. The standard InChI is InChI=1S/C27H22Cl2N4O2/c1-14(27(34)35)20-9-16(11-30)3-6-19(20)22-10-24-23(12-31-22)32-13-33(24)15(2)25-21(28)8-7-18(26(25)29)17-4-5-17/h3,6-10,12-15,17H,4-5H2,1-2H3,(H,34,35)/t14?,15-/m1/s1. The van der Waals surface area contributed by atoms with Gasteiger partial charge in [0, 0.05) is 16.1 Å². The van der Waals surface area contributed by atoms with E-state index in [1.807, 2.05) is 29.7 Å². The van der Waals surface area contributed by atoms with E-state index in [1.165, 1.54) is 0 Å². The average molecular weight is 505 g/mol. The number of hydrogen-bond donors (Lipinski definition) is 1. The lowest BCUT2D eigenvalue weighted by Gasteiger charge is -2.20. The van der Waals surface area contributed by atoms with Gasteiger partial charge in [0.05, 0.1) is 52.3 Å². The largest absolute Gasteiger partial charge is 0.481 e. The first-order valence-corrected chi connectivity index (χ1v) is 12.1. The topological polar surface area (TPSA) is 91.8 Å². The number of halogens is 2. The van der Waals surface area contributed by atoms with Crippen molar-refractivity contribution in [2.75, 3.05) is 0 Å². The molecule has 35 heavy (non-hydrogen) atoms. The predicted octanol–water partition coefficient (Wildman–Crippen LogP) is 6.95. The van der Waals surface area contributed by atoms with Crippen molar-refractivity contribution >= 4 is 40.2 Å². The number of fused-ring (bicyclic) bond motifs is 1. The molecule has 2 aromatic heterocycles. The van der Waals surface area contributed by atoms with Gasteiger partial charge in [-0.2, -0.15) is 5.26 Å². The number of imidazole rings is 1. The molecule has 6 nitrogen and oxygen atoms in total. The number of nitriles is 1. The van der Waals surface area contributed by atoms with E-state index in [0.29, 0.717) is 43.9 Å². The quantitative estimate of drug-likeness (QED) is 0.306. The summed E-state index contributed by atoms with van der Waals surface area (Å²) in [6, 6.07) is 12.7. The van der Waals surface area contributed by atoms with Crippen molar-refractivity contribution in [2.24, 2.45) is 0 Å². The van der Waals surface area contributed by atoms with Crippen LogP contribution >= 0.6 is 23.2 Å². The van der Waals surface area contributed by atoms with Crippen LogP contribution in [-0.4, -0.2) is 25.6 Å². The monoisotopic (exact) mass is 504 g/mol. The summed E-state index contributed by atoms with van der Waals surface area (Å²) >= 11 is 13.5. The molecule has 1 aliphatic carbocycles. The van der Waals surface area contributed by atoms with Gasteiger partial charge in [0.25, 0.3) is 0 Å². The van der Waals surface area contributed by atoms with E-state index in [9.17, 15) is 15.2 Å². The van der Waals surface area contributed by atoms with Crippen molar-refractivity contribution in [3.8, 4) is 17.3 Å². The van der Waals surface area contributed by atoms with Crippen LogP contribution in [0.1, 0.15) is 66.8 Å². The molecule has 2 heterocycles. The fraction of sp³-hybridized carbons (Fsp3) is 0.259. The number of benzene rings is 2. The number of aliphatic carboxylic acids is 1. The van der Waals surface area contributed by atoms with E-state index < -0.39 is 11.9 Å². The summed E-state index contributed by atoms with van der Waals surface area (Å²) in [6.45, 7) is 3.63. The molecule has 1 saturated carbocycles. The second-order valence-corrected chi connectivity index (χ2v) is 9.78. The Morgan fingerprint density at radius 2 is 1.94 bits per heavy atom. The lowest BCUT2D eigenvalue weighted by Crippen LogP contribution is -2.10. The zero-order valence-corrected chi connectivity index (χ0v) is 20.7. The second-order valence-electron chi connectivity index (χ2n) is 9.00. The van der Waals surface area contributed by atoms with E-state index in [-0.39, 0.29) is 6.04 Å². The van der Waals surface area contributed by atoms with Crippen molar-refractivity contribution in [3.05, 3.63) is 81.2 Å². The van der Waals surface area contributed by atoms with Crippen LogP contribution in [-0.2, 0) is 4.79 Å². The minimum Gasteiger partial charge on any atom is -0.481 e. The molecule has 5 rings (SSSR count). The summed E-state index contributed by atoms with van der Waals surface area (Å²) < 4.78 is 2.01. The summed E-state index contributed by atoms with van der Waals surface area (Å²) in [5.74, 6) is -1.28. The third-order valence-electron chi connectivity index (χ3n) is 6.76. The first-order valence-electron chi connectivity index (χ1n) is 11.4. The van der Waals surface area contributed by atoms with E-state index in [1.54, 1.807) is 37.6 Å². The van der Waals surface area contributed by atoms with Crippen LogP contribution in [0, 0.1) is 11.3 Å². The van der Waals surface area contributed by atoms with Crippen molar-refractivity contribution in [2.45, 2.75) is 44.6 Å². The van der Waals surface area contributed by atoms with Crippen molar-refractivity contribution < 1.29 is 9.90 Å². The second kappa shape index (κ2) is 8.99. The van der Waals surface area contributed by atoms with E-state index >= 15 is 0 Å². The van der Waals surface area contributed by atoms with Crippen LogP contribution in [0.4, 0.5) is 0 Å². The summed E-state index contributed by atoms with van der Waals surface area (Å²) in [5.41, 5.74) is 5.71. The van der Waals surface area contributed by atoms with Crippen LogP contribution in [0.5, 0.6) is 0 Å². The van der Waals surface area contributed by atoms with E-state index in [4.69, 9.17) is 23.2 Å². The average Bonchev–Trinajstić information content (AvgIpc) is 3.60. The Bertz CT molecular complexity index is 1520. The molecule has 1 N–H and O–H groups in total. The Kier molecular flexibility index (Phi) is 6.00. The van der Waals surface area contributed by atoms with Gasteiger partial charge >= 0.3 is 5.97 Å². The van der Waals surface area contributed by atoms with Crippen LogP contribution in [0.3, 0.4) is 0 Å². The Labute approximate surface area is 212 Å². The molecule has 4 aromatic rings. The maximum Gasteiger partial charge on any atom is 0.310 e. The molecular weight excluding hydrogens is 483 g/mol. The van der Waals surface area contributed by atoms with Gasteiger partial charge in [-0.3, -0.25) is 9.78 Å². The van der Waals surface area contributed by atoms with Gasteiger partial charge in [0.1, 0.15) is 5.52 Å². The van der Waals surface area contributed by atoms with Gasteiger partial charge in [-0.15, -0.1) is 0 Å². The molecule has 2 aromatic carbocycles. The van der Waals surface area contributed by atoms with Gasteiger partial charge < -0.3 is 9.67 Å². The van der Waals surface area contributed by atoms with Crippen LogP contribution in [0.2, 0.25) is 10.0 Å². The van der Waals surface area contributed by atoms with E-state index in [0.717, 1.165) is 29.5 Å². The highest BCUT2D eigenvalue weighted by Crippen LogP contribution is 2.47. The van der Waals surface area contributed by atoms with Crippen molar-refractivity contribution in [1.29, 1.82) is 5.26 Å². The number of carbonyl (C=O) groups is 1. The molecular formula is C27H22Cl2N4O2. The number of carboxylic acid groups (broad SMARTS) is 1. The summed E-state index contributed by atoms with van der Waals surface area (Å²) in [5, 5.41) is 20.3. The van der Waals surface area contributed by atoms with E-state index in [2.05, 4.69) is 16.0 Å². The van der Waals surface area contributed by atoms with Gasteiger partial charge in [0.15, 0.2) is 0 Å². The number of hydrogen-bond acceptors (Lipinski definition) is 4. The lowest BCUT2D eigenvalue weighted by atomic mass is 9.92. The molecule has 8 heteroatoms. The normalized spacial score (nSPS) is 15.1. The molecule has 1 fully saturated rings. The predicted molar refractivity (Wildman–Crippen MR) is 136 cm³/mol. The number of rotatable bonds is 6. The van der Waals surface area contributed by atoms with Gasteiger partial charge in [-0.05, 0) is 68.0 Å². The number of aromatic nitrogens is 3. The molecule has 1 aliphatic rings. The third-order valence-corrected chi connectivity index (χ3v) is 7.51. The summed E-state index contributed by atoms with van der Waals surface area (Å²) in [7, 11) is 0. The highest BCUT2D eigenvalue weighted by molar-refractivity contribution is 6.36. The molecule has 0 saturated heterocycles. The highest BCUT2D eigenvalue weighted by atomic mass is 35.5.